The lowest BCUT2D eigenvalue weighted by molar-refractivity contribution is 0.0963. The van der Waals surface area contributed by atoms with Gasteiger partial charge in [0.2, 0.25) is 0 Å². The molecule has 0 bridgehead atoms. The Morgan fingerprint density at radius 2 is 1.87 bits per heavy atom. The van der Waals surface area contributed by atoms with Crippen LogP contribution in [-0.2, 0) is 11.3 Å². The fraction of sp³-hybridized carbons (Fsp3) is 0.261. The molecule has 7 nitrogen and oxygen atoms in total. The summed E-state index contributed by atoms with van der Waals surface area (Å²) in [4.78, 5) is 30.8. The van der Waals surface area contributed by atoms with Crippen LogP contribution in [-0.4, -0.2) is 33.9 Å². The molecule has 7 heteroatoms. The zero-order chi connectivity index (χ0) is 20.7. The molecule has 0 amide bonds. The molecule has 1 aromatic carbocycles. The Hall–Kier alpha value is -3.45. The van der Waals surface area contributed by atoms with E-state index >= 15 is 0 Å². The van der Waals surface area contributed by atoms with Crippen LogP contribution in [0.1, 0.15) is 12.8 Å². The molecule has 0 unspecified atom stereocenters. The van der Waals surface area contributed by atoms with E-state index in [-0.39, 0.29) is 17.2 Å². The van der Waals surface area contributed by atoms with Gasteiger partial charge in [-0.15, -0.1) is 0 Å². The minimum Gasteiger partial charge on any atom is -0.497 e. The van der Waals surface area contributed by atoms with Crippen LogP contribution in [0.25, 0.3) is 27.5 Å². The van der Waals surface area contributed by atoms with Crippen LogP contribution < -0.4 is 15.9 Å². The third kappa shape index (κ3) is 3.17. The molecule has 4 aromatic rings. The summed E-state index contributed by atoms with van der Waals surface area (Å²) in [6.45, 7) is 1.25. The normalized spacial score (nSPS) is 16.4. The Kier molecular flexibility index (Phi) is 4.59. The van der Waals surface area contributed by atoms with Crippen LogP contribution in [0.15, 0.2) is 64.4 Å². The summed E-state index contributed by atoms with van der Waals surface area (Å²) in [5, 5.41) is 0.836. The standard InChI is InChI=1S/C23H21N3O4/c1-29-16-5-2-4-15(12-16)26-10-8-21-19(23(26)28)13-18-20(24-21)7-9-25(22(18)27)14-17-6-3-11-30-17/h2,4-5,7-10,12-13,17H,3,6,11,14H2,1H3/t17-/m1/s1. The van der Waals surface area contributed by atoms with Crippen molar-refractivity contribution in [2.45, 2.75) is 25.5 Å². The van der Waals surface area contributed by atoms with Crippen molar-refractivity contribution in [2.75, 3.05) is 13.7 Å². The van der Waals surface area contributed by atoms with Crippen LogP contribution in [0.4, 0.5) is 0 Å². The van der Waals surface area contributed by atoms with Crippen molar-refractivity contribution < 1.29 is 9.47 Å². The van der Waals surface area contributed by atoms with Crippen LogP contribution in [0.5, 0.6) is 5.75 Å². The third-order valence-corrected chi connectivity index (χ3v) is 5.57. The predicted molar refractivity (Wildman–Crippen MR) is 115 cm³/mol. The fourth-order valence-corrected chi connectivity index (χ4v) is 3.98. The lowest BCUT2D eigenvalue weighted by Crippen LogP contribution is -2.26. The molecule has 1 fully saturated rings. The van der Waals surface area contributed by atoms with E-state index in [9.17, 15) is 9.59 Å². The summed E-state index contributed by atoms with van der Waals surface area (Å²) in [7, 11) is 1.58. The number of hydrogen-bond donors (Lipinski definition) is 0. The second kappa shape index (κ2) is 7.42. The highest BCUT2D eigenvalue weighted by molar-refractivity contribution is 5.91. The van der Waals surface area contributed by atoms with Gasteiger partial charge >= 0.3 is 0 Å². The molecule has 30 heavy (non-hydrogen) atoms. The summed E-state index contributed by atoms with van der Waals surface area (Å²) in [6.07, 6.45) is 5.47. The van der Waals surface area contributed by atoms with E-state index in [4.69, 9.17) is 9.47 Å². The summed E-state index contributed by atoms with van der Waals surface area (Å²) in [5.74, 6) is 0.660. The van der Waals surface area contributed by atoms with E-state index in [0.29, 0.717) is 39.8 Å². The van der Waals surface area contributed by atoms with Crippen molar-refractivity contribution in [1.29, 1.82) is 0 Å². The molecule has 0 radical (unpaired) electrons. The van der Waals surface area contributed by atoms with Crippen LogP contribution in [0.3, 0.4) is 0 Å². The minimum absolute atomic E-state index is 0.0545. The number of rotatable bonds is 4. The number of methoxy groups -OCH3 is 1. The largest absolute Gasteiger partial charge is 0.497 e. The highest BCUT2D eigenvalue weighted by Gasteiger charge is 2.17. The molecular weight excluding hydrogens is 382 g/mol. The molecule has 4 heterocycles. The molecule has 0 N–H and O–H groups in total. The summed E-state index contributed by atoms with van der Waals surface area (Å²) in [6, 6.07) is 12.5. The molecule has 152 valence electrons. The Morgan fingerprint density at radius 3 is 2.63 bits per heavy atom. The zero-order valence-corrected chi connectivity index (χ0v) is 16.6. The lowest BCUT2D eigenvalue weighted by Gasteiger charge is -2.13. The Labute approximate surface area is 172 Å². The molecule has 1 aliphatic rings. The van der Waals surface area contributed by atoms with Gasteiger partial charge in [0, 0.05) is 25.1 Å². The first-order valence-corrected chi connectivity index (χ1v) is 9.95. The van der Waals surface area contributed by atoms with Gasteiger partial charge in [-0.3, -0.25) is 14.2 Å². The van der Waals surface area contributed by atoms with Crippen molar-refractivity contribution >= 4 is 21.8 Å². The highest BCUT2D eigenvalue weighted by atomic mass is 16.5. The van der Waals surface area contributed by atoms with E-state index < -0.39 is 0 Å². The number of hydrogen-bond acceptors (Lipinski definition) is 5. The topological polar surface area (TPSA) is 75.3 Å². The molecule has 5 rings (SSSR count). The quantitative estimate of drug-likeness (QED) is 0.490. The van der Waals surface area contributed by atoms with Crippen molar-refractivity contribution in [3.05, 3.63) is 75.6 Å². The SMILES string of the molecule is COc1cccc(-n2ccc3nc4ccn(C[C@H]5CCCO5)c(=O)c4cc3c2=O)c1. The molecular formula is C23H21N3O4. The Morgan fingerprint density at radius 1 is 1.07 bits per heavy atom. The van der Waals surface area contributed by atoms with Gasteiger partial charge in [0.05, 0.1) is 47.3 Å². The van der Waals surface area contributed by atoms with Gasteiger partial charge in [0.1, 0.15) is 5.75 Å². The van der Waals surface area contributed by atoms with Gasteiger partial charge in [0.25, 0.3) is 11.1 Å². The number of aromatic nitrogens is 3. The van der Waals surface area contributed by atoms with Gasteiger partial charge < -0.3 is 14.0 Å². The second-order valence-corrected chi connectivity index (χ2v) is 7.45. The van der Waals surface area contributed by atoms with Gasteiger partial charge in [-0.05, 0) is 43.2 Å². The van der Waals surface area contributed by atoms with E-state index in [0.717, 1.165) is 19.4 Å². The lowest BCUT2D eigenvalue weighted by atomic mass is 10.1. The van der Waals surface area contributed by atoms with Gasteiger partial charge in [-0.25, -0.2) is 4.98 Å². The maximum atomic E-state index is 13.2. The molecule has 0 saturated carbocycles. The minimum atomic E-state index is -0.232. The fourth-order valence-electron chi connectivity index (χ4n) is 3.98. The van der Waals surface area contributed by atoms with Gasteiger partial charge in [0.15, 0.2) is 0 Å². The van der Waals surface area contributed by atoms with Gasteiger partial charge in [-0.2, -0.15) is 0 Å². The summed E-state index contributed by atoms with van der Waals surface area (Å²) in [5.41, 5.74) is 1.43. The van der Waals surface area contributed by atoms with E-state index in [1.807, 2.05) is 24.3 Å². The molecule has 3 aromatic heterocycles. The van der Waals surface area contributed by atoms with Crippen molar-refractivity contribution in [3.8, 4) is 11.4 Å². The smallest absolute Gasteiger partial charge is 0.264 e. The van der Waals surface area contributed by atoms with Crippen molar-refractivity contribution in [1.82, 2.24) is 14.1 Å². The number of nitrogens with zero attached hydrogens (tertiary/aromatic N) is 3. The zero-order valence-electron chi connectivity index (χ0n) is 16.6. The first-order chi connectivity index (χ1) is 14.6. The molecule has 1 aliphatic heterocycles. The first kappa shape index (κ1) is 18.6. The summed E-state index contributed by atoms with van der Waals surface area (Å²) < 4.78 is 14.1. The maximum absolute atomic E-state index is 13.2. The number of ether oxygens (including phenoxy) is 2. The van der Waals surface area contributed by atoms with Crippen molar-refractivity contribution in [2.24, 2.45) is 0 Å². The van der Waals surface area contributed by atoms with E-state index in [2.05, 4.69) is 4.98 Å². The monoisotopic (exact) mass is 403 g/mol. The van der Waals surface area contributed by atoms with Gasteiger partial charge in [-0.1, -0.05) is 6.07 Å². The average molecular weight is 403 g/mol. The number of benzene rings is 1. The molecule has 0 aliphatic carbocycles. The third-order valence-electron chi connectivity index (χ3n) is 5.57. The summed E-state index contributed by atoms with van der Waals surface area (Å²) >= 11 is 0. The molecule has 0 spiro atoms. The van der Waals surface area contributed by atoms with E-state index in [1.165, 1.54) is 4.57 Å². The maximum Gasteiger partial charge on any atom is 0.264 e. The number of fused-ring (bicyclic) bond motifs is 2. The second-order valence-electron chi connectivity index (χ2n) is 7.45. The van der Waals surface area contributed by atoms with Crippen LogP contribution in [0.2, 0.25) is 0 Å². The van der Waals surface area contributed by atoms with Crippen LogP contribution >= 0.6 is 0 Å². The van der Waals surface area contributed by atoms with Crippen LogP contribution in [0, 0.1) is 0 Å². The average Bonchev–Trinajstić information content (AvgIpc) is 3.28. The highest BCUT2D eigenvalue weighted by Crippen LogP contribution is 2.19. The first-order valence-electron chi connectivity index (χ1n) is 9.95. The predicted octanol–water partition coefficient (Wildman–Crippen LogP) is 2.89. The molecule has 1 saturated heterocycles. The van der Waals surface area contributed by atoms with Crippen molar-refractivity contribution in [3.63, 3.8) is 0 Å². The Balaban J connectivity index is 1.66. The van der Waals surface area contributed by atoms with E-state index in [1.54, 1.807) is 42.3 Å². The number of pyridine rings is 3. The Bertz CT molecular complexity index is 1370. The molecule has 1 atom stereocenters.